The maximum Gasteiger partial charge on any atom is 0.251 e. The molecule has 38 heavy (non-hydrogen) atoms. The van der Waals surface area contributed by atoms with Gasteiger partial charge in [0.25, 0.3) is 5.91 Å². The van der Waals surface area contributed by atoms with Crippen LogP contribution >= 0.6 is 0 Å². The van der Waals surface area contributed by atoms with Crippen molar-refractivity contribution in [2.45, 2.75) is 63.5 Å². The second kappa shape index (κ2) is 10.1. The van der Waals surface area contributed by atoms with Gasteiger partial charge in [-0.3, -0.25) is 9.59 Å². The van der Waals surface area contributed by atoms with Crippen LogP contribution in [0.3, 0.4) is 0 Å². The molecule has 202 valence electrons. The third kappa shape index (κ3) is 4.66. The van der Waals surface area contributed by atoms with Crippen molar-refractivity contribution in [1.29, 1.82) is 0 Å². The molecule has 2 aliphatic heterocycles. The van der Waals surface area contributed by atoms with Crippen molar-refractivity contribution < 1.29 is 14.3 Å². The molecule has 3 fully saturated rings. The monoisotopic (exact) mass is 519 g/mol. The molecular formula is C28H37N7O3. The molecule has 2 amide bonds. The first-order valence-electron chi connectivity index (χ1n) is 13.9. The predicted molar refractivity (Wildman–Crippen MR) is 146 cm³/mol. The van der Waals surface area contributed by atoms with Crippen molar-refractivity contribution >= 4 is 35.0 Å². The van der Waals surface area contributed by atoms with Crippen LogP contribution in [0.4, 0.5) is 23.1 Å². The van der Waals surface area contributed by atoms with Crippen molar-refractivity contribution in [1.82, 2.24) is 20.6 Å². The number of rotatable bonds is 6. The van der Waals surface area contributed by atoms with E-state index in [-0.39, 0.29) is 23.3 Å². The normalized spacial score (nSPS) is 22.7. The highest BCUT2D eigenvalue weighted by atomic mass is 16.5. The second-order valence-electron chi connectivity index (χ2n) is 11.2. The van der Waals surface area contributed by atoms with Gasteiger partial charge in [0.05, 0.1) is 24.4 Å². The molecule has 2 aromatic rings. The molecule has 10 nitrogen and oxygen atoms in total. The van der Waals surface area contributed by atoms with Gasteiger partial charge < -0.3 is 30.5 Å². The average Bonchev–Trinajstić information content (AvgIpc) is 3.55. The lowest BCUT2D eigenvalue weighted by Crippen LogP contribution is -2.45. The van der Waals surface area contributed by atoms with Gasteiger partial charge in [-0.2, -0.15) is 4.98 Å². The minimum absolute atomic E-state index is 0.112. The zero-order valence-electron chi connectivity index (χ0n) is 22.3. The Morgan fingerprint density at radius 3 is 2.71 bits per heavy atom. The van der Waals surface area contributed by atoms with Gasteiger partial charge in [0, 0.05) is 37.8 Å². The average molecular weight is 520 g/mol. The van der Waals surface area contributed by atoms with Crippen LogP contribution in [-0.4, -0.2) is 67.7 Å². The molecule has 1 saturated heterocycles. The smallest absolute Gasteiger partial charge is 0.251 e. The summed E-state index contributed by atoms with van der Waals surface area (Å²) in [7, 11) is 3.43. The lowest BCUT2D eigenvalue weighted by molar-refractivity contribution is -0.122. The molecule has 1 aromatic carbocycles. The standard InChI is InChI=1S/C28H37N7O3/c1-34-22-16-30-27(33-24(22)35(20-7-3-4-8-20)17-28(11-12-28)26(34)37)32-21-10-9-18(14-23(21)38-2)25(36)31-19-6-5-13-29-15-19/h9-10,14,16,19-20,29H,3-8,11-13,15,17H2,1-2H3,(H,31,36)(H,30,32,33)/t19-/m0/s1. The maximum absolute atomic E-state index is 13.3. The number of hydrogen-bond donors (Lipinski definition) is 3. The molecule has 2 saturated carbocycles. The second-order valence-corrected chi connectivity index (χ2v) is 11.2. The zero-order valence-corrected chi connectivity index (χ0v) is 22.3. The van der Waals surface area contributed by atoms with Crippen LogP contribution in [0.1, 0.15) is 61.7 Å². The van der Waals surface area contributed by atoms with Crippen LogP contribution < -0.4 is 30.5 Å². The molecule has 4 aliphatic rings. The number of piperidine rings is 1. The van der Waals surface area contributed by atoms with E-state index in [9.17, 15) is 9.59 Å². The Labute approximate surface area is 223 Å². The van der Waals surface area contributed by atoms with Crippen LogP contribution in [0.2, 0.25) is 0 Å². The van der Waals surface area contributed by atoms with Crippen LogP contribution in [0.5, 0.6) is 5.75 Å². The predicted octanol–water partition coefficient (Wildman–Crippen LogP) is 3.22. The SMILES string of the molecule is COc1cc(C(=O)N[C@H]2CCCNC2)ccc1Nc1ncc2c(n1)N(C1CCCC1)CC1(CC1)C(=O)N2C. The van der Waals surface area contributed by atoms with Gasteiger partial charge in [0.1, 0.15) is 11.4 Å². The third-order valence-electron chi connectivity index (χ3n) is 8.58. The number of benzene rings is 1. The summed E-state index contributed by atoms with van der Waals surface area (Å²) in [4.78, 5) is 39.8. The van der Waals surface area contributed by atoms with Gasteiger partial charge >= 0.3 is 0 Å². The highest BCUT2D eigenvalue weighted by Gasteiger charge is 2.55. The number of nitrogens with one attached hydrogen (secondary N) is 3. The number of carbonyl (C=O) groups excluding carboxylic acids is 2. The molecule has 2 aliphatic carbocycles. The van der Waals surface area contributed by atoms with Gasteiger partial charge in [-0.1, -0.05) is 12.8 Å². The molecule has 3 N–H and O–H groups in total. The highest BCUT2D eigenvalue weighted by Crippen LogP contribution is 2.52. The topological polar surface area (TPSA) is 112 Å². The Hall–Kier alpha value is -3.40. The van der Waals surface area contributed by atoms with Crippen LogP contribution in [0.15, 0.2) is 24.4 Å². The summed E-state index contributed by atoms with van der Waals surface area (Å²) in [5.41, 5.74) is 1.68. The van der Waals surface area contributed by atoms with E-state index in [4.69, 9.17) is 9.72 Å². The van der Waals surface area contributed by atoms with E-state index in [1.165, 1.54) is 12.8 Å². The van der Waals surface area contributed by atoms with Crippen molar-refractivity contribution in [2.75, 3.05) is 48.9 Å². The van der Waals surface area contributed by atoms with Gasteiger partial charge in [-0.15, -0.1) is 0 Å². The number of carbonyl (C=O) groups is 2. The maximum atomic E-state index is 13.3. The summed E-state index contributed by atoms with van der Waals surface area (Å²) in [5.74, 6) is 1.84. The summed E-state index contributed by atoms with van der Waals surface area (Å²) < 4.78 is 5.63. The Morgan fingerprint density at radius 2 is 2.00 bits per heavy atom. The van der Waals surface area contributed by atoms with E-state index in [0.717, 1.165) is 63.1 Å². The highest BCUT2D eigenvalue weighted by molar-refractivity contribution is 6.03. The van der Waals surface area contributed by atoms with E-state index in [2.05, 4.69) is 25.8 Å². The molecular weight excluding hydrogens is 482 g/mol. The van der Waals surface area contributed by atoms with Gasteiger partial charge in [0.2, 0.25) is 11.9 Å². The number of fused-ring (bicyclic) bond motifs is 1. The number of amides is 2. The van der Waals surface area contributed by atoms with Gasteiger partial charge in [-0.05, 0) is 63.3 Å². The van der Waals surface area contributed by atoms with Crippen LogP contribution in [0.25, 0.3) is 0 Å². The molecule has 10 heteroatoms. The van der Waals surface area contributed by atoms with E-state index < -0.39 is 0 Å². The molecule has 1 aromatic heterocycles. The summed E-state index contributed by atoms with van der Waals surface area (Å²) >= 11 is 0. The van der Waals surface area contributed by atoms with Gasteiger partial charge in [-0.25, -0.2) is 4.98 Å². The van der Waals surface area contributed by atoms with E-state index >= 15 is 0 Å². The van der Waals surface area contributed by atoms with Crippen molar-refractivity contribution in [3.63, 3.8) is 0 Å². The quantitative estimate of drug-likeness (QED) is 0.534. The number of ether oxygens (including phenoxy) is 1. The Balaban J connectivity index is 1.26. The largest absolute Gasteiger partial charge is 0.495 e. The van der Waals surface area contributed by atoms with Crippen molar-refractivity contribution in [3.05, 3.63) is 30.0 Å². The number of hydrogen-bond acceptors (Lipinski definition) is 8. The number of aromatic nitrogens is 2. The molecule has 1 spiro atoms. The minimum atomic E-state index is -0.293. The first kappa shape index (κ1) is 24.9. The molecule has 6 rings (SSSR count). The fourth-order valence-corrected chi connectivity index (χ4v) is 6.15. The first-order valence-corrected chi connectivity index (χ1v) is 13.9. The fraction of sp³-hybridized carbons (Fsp3) is 0.571. The molecule has 1 atom stereocenters. The summed E-state index contributed by atoms with van der Waals surface area (Å²) in [5, 5.41) is 9.72. The molecule has 0 bridgehead atoms. The zero-order chi connectivity index (χ0) is 26.3. The number of anilines is 4. The summed E-state index contributed by atoms with van der Waals surface area (Å²) in [6, 6.07) is 5.88. The van der Waals surface area contributed by atoms with Gasteiger partial charge in [0.15, 0.2) is 5.82 Å². The molecule has 3 heterocycles. The number of nitrogens with zero attached hydrogens (tertiary/aromatic N) is 4. The van der Waals surface area contributed by atoms with Crippen LogP contribution in [-0.2, 0) is 4.79 Å². The summed E-state index contributed by atoms with van der Waals surface area (Å²) in [6.07, 6.45) is 10.3. The Bertz CT molecular complexity index is 1220. The molecule has 0 unspecified atom stereocenters. The van der Waals surface area contributed by atoms with E-state index in [1.807, 2.05) is 13.1 Å². The first-order chi connectivity index (χ1) is 18.5. The van der Waals surface area contributed by atoms with E-state index in [0.29, 0.717) is 35.5 Å². The van der Waals surface area contributed by atoms with Crippen LogP contribution in [0, 0.1) is 5.41 Å². The Morgan fingerprint density at radius 1 is 1.18 bits per heavy atom. The lowest BCUT2D eigenvalue weighted by Gasteiger charge is -2.31. The van der Waals surface area contributed by atoms with Crippen molar-refractivity contribution in [2.24, 2.45) is 5.41 Å². The van der Waals surface area contributed by atoms with E-state index in [1.54, 1.807) is 30.3 Å². The van der Waals surface area contributed by atoms with Crippen molar-refractivity contribution in [3.8, 4) is 5.75 Å². The minimum Gasteiger partial charge on any atom is -0.495 e. The number of methoxy groups -OCH3 is 1. The lowest BCUT2D eigenvalue weighted by atomic mass is 10.0. The molecule has 0 radical (unpaired) electrons. The third-order valence-corrected chi connectivity index (χ3v) is 8.58. The fourth-order valence-electron chi connectivity index (χ4n) is 6.15. The Kier molecular flexibility index (Phi) is 6.59. The summed E-state index contributed by atoms with van der Waals surface area (Å²) in [6.45, 7) is 2.50.